The number of anilines is 1. The molecule has 2 rings (SSSR count). The van der Waals surface area contributed by atoms with E-state index in [-0.39, 0.29) is 5.91 Å². The van der Waals surface area contributed by atoms with Crippen molar-refractivity contribution < 1.29 is 9.53 Å². The lowest BCUT2D eigenvalue weighted by atomic mass is 10.2. The van der Waals surface area contributed by atoms with Crippen LogP contribution in [0.3, 0.4) is 0 Å². The number of ether oxygens (including phenoxy) is 1. The van der Waals surface area contributed by atoms with E-state index in [1.165, 1.54) is 0 Å². The van der Waals surface area contributed by atoms with E-state index in [1.807, 2.05) is 6.92 Å². The van der Waals surface area contributed by atoms with Gasteiger partial charge < -0.3 is 10.1 Å². The van der Waals surface area contributed by atoms with Gasteiger partial charge in [0, 0.05) is 10.7 Å². The topological polar surface area (TPSA) is 51.2 Å². The van der Waals surface area contributed by atoms with Crippen molar-refractivity contribution in [2.24, 2.45) is 0 Å². The van der Waals surface area contributed by atoms with Crippen LogP contribution in [-0.2, 0) is 4.79 Å². The van der Waals surface area contributed by atoms with E-state index < -0.39 is 6.10 Å². The van der Waals surface area contributed by atoms with Crippen LogP contribution in [-0.4, -0.2) is 17.0 Å². The quantitative estimate of drug-likeness (QED) is 0.836. The number of nitrogens with one attached hydrogen (secondary N) is 1. The summed E-state index contributed by atoms with van der Waals surface area (Å²) in [5.74, 6) is 0.375. The van der Waals surface area contributed by atoms with Crippen molar-refractivity contribution in [2.75, 3.05) is 5.32 Å². The molecule has 1 aromatic rings. The maximum atomic E-state index is 11.4. The molecule has 0 saturated carbocycles. The zero-order valence-corrected chi connectivity index (χ0v) is 9.17. The van der Waals surface area contributed by atoms with Crippen molar-refractivity contribution in [1.29, 1.82) is 0 Å². The molecule has 74 valence electrons. The Kier molecular flexibility index (Phi) is 2.41. The first-order valence-corrected chi connectivity index (χ1v) is 5.13. The van der Waals surface area contributed by atoms with E-state index in [1.54, 1.807) is 12.3 Å². The molecule has 0 aliphatic carbocycles. The molecule has 1 amide bonds. The van der Waals surface area contributed by atoms with Crippen molar-refractivity contribution in [2.45, 2.75) is 19.4 Å². The van der Waals surface area contributed by atoms with Crippen LogP contribution in [0, 0.1) is 0 Å². The molecule has 14 heavy (non-hydrogen) atoms. The Balaban J connectivity index is 2.35. The highest BCUT2D eigenvalue weighted by Gasteiger charge is 2.26. The van der Waals surface area contributed by atoms with E-state index in [0.29, 0.717) is 18.0 Å². The van der Waals surface area contributed by atoms with Gasteiger partial charge in [0.25, 0.3) is 5.91 Å². The Labute approximate surface area is 89.8 Å². The molecular weight excluding hydrogens is 248 g/mol. The molecule has 5 heteroatoms. The summed E-state index contributed by atoms with van der Waals surface area (Å²) < 4.78 is 6.22. The molecule has 1 atom stereocenters. The number of aromatic nitrogens is 1. The van der Waals surface area contributed by atoms with E-state index in [9.17, 15) is 4.79 Å². The number of hydrogen-bond acceptors (Lipinski definition) is 3. The van der Waals surface area contributed by atoms with Gasteiger partial charge in [-0.25, -0.2) is 4.98 Å². The monoisotopic (exact) mass is 256 g/mol. The molecule has 0 saturated heterocycles. The van der Waals surface area contributed by atoms with Crippen molar-refractivity contribution in [3.63, 3.8) is 0 Å². The molecule has 0 unspecified atom stereocenters. The fraction of sp³-hybridized carbons (Fsp3) is 0.333. The molecule has 0 aromatic carbocycles. The molecule has 0 spiro atoms. The third-order valence-electron chi connectivity index (χ3n) is 1.99. The lowest BCUT2D eigenvalue weighted by molar-refractivity contribution is -0.123. The lowest BCUT2D eigenvalue weighted by Crippen LogP contribution is -2.36. The van der Waals surface area contributed by atoms with Gasteiger partial charge >= 0.3 is 0 Å². The van der Waals surface area contributed by atoms with Gasteiger partial charge in [0.1, 0.15) is 5.69 Å². The maximum absolute atomic E-state index is 11.4. The molecule has 0 fully saturated rings. The second-order valence-corrected chi connectivity index (χ2v) is 3.93. The summed E-state index contributed by atoms with van der Waals surface area (Å²) >= 11 is 3.27. The van der Waals surface area contributed by atoms with Gasteiger partial charge in [-0.1, -0.05) is 6.92 Å². The van der Waals surface area contributed by atoms with Crippen molar-refractivity contribution in [3.05, 3.63) is 16.7 Å². The number of nitrogens with zero attached hydrogens (tertiary/aromatic N) is 1. The van der Waals surface area contributed by atoms with Gasteiger partial charge in [-0.15, -0.1) is 0 Å². The summed E-state index contributed by atoms with van der Waals surface area (Å²) in [4.78, 5) is 15.5. The minimum Gasteiger partial charge on any atom is -0.463 e. The summed E-state index contributed by atoms with van der Waals surface area (Å²) in [6.07, 6.45) is 1.86. The highest BCUT2D eigenvalue weighted by molar-refractivity contribution is 9.10. The first kappa shape index (κ1) is 9.45. The Morgan fingerprint density at radius 3 is 3.21 bits per heavy atom. The zero-order chi connectivity index (χ0) is 10.1. The number of carbonyl (C=O) groups excluding carboxylic acids is 1. The minimum absolute atomic E-state index is 0.111. The molecule has 1 aliphatic rings. The number of amides is 1. The lowest BCUT2D eigenvalue weighted by Gasteiger charge is -2.23. The first-order valence-electron chi connectivity index (χ1n) is 4.33. The number of rotatable bonds is 1. The van der Waals surface area contributed by atoms with E-state index in [4.69, 9.17) is 4.74 Å². The smallest absolute Gasteiger partial charge is 0.265 e. The van der Waals surface area contributed by atoms with Crippen LogP contribution in [0.2, 0.25) is 0 Å². The van der Waals surface area contributed by atoms with Crippen molar-refractivity contribution in [3.8, 4) is 5.88 Å². The molecule has 4 nitrogen and oxygen atoms in total. The van der Waals surface area contributed by atoms with Crippen molar-refractivity contribution in [1.82, 2.24) is 4.98 Å². The predicted molar refractivity (Wildman–Crippen MR) is 55.3 cm³/mol. The Hall–Kier alpha value is -1.10. The van der Waals surface area contributed by atoms with E-state index in [0.717, 1.165) is 4.47 Å². The van der Waals surface area contributed by atoms with Crippen LogP contribution in [0.1, 0.15) is 13.3 Å². The van der Waals surface area contributed by atoms with Gasteiger partial charge in [-0.3, -0.25) is 4.79 Å². The molecule has 2 heterocycles. The molecule has 0 bridgehead atoms. The highest BCUT2D eigenvalue weighted by atomic mass is 79.9. The fourth-order valence-corrected chi connectivity index (χ4v) is 1.61. The van der Waals surface area contributed by atoms with Gasteiger partial charge in [0.05, 0.1) is 0 Å². The number of hydrogen-bond donors (Lipinski definition) is 1. The molecule has 0 radical (unpaired) electrons. The molecule has 1 aromatic heterocycles. The Morgan fingerprint density at radius 1 is 1.71 bits per heavy atom. The van der Waals surface area contributed by atoms with Gasteiger partial charge in [0.2, 0.25) is 5.88 Å². The van der Waals surface area contributed by atoms with Crippen LogP contribution in [0.15, 0.2) is 16.7 Å². The Morgan fingerprint density at radius 2 is 2.50 bits per heavy atom. The third-order valence-corrected chi connectivity index (χ3v) is 2.43. The molecular formula is C9H9BrN2O2. The summed E-state index contributed by atoms with van der Waals surface area (Å²) in [6.45, 7) is 1.90. The minimum atomic E-state index is -0.420. The van der Waals surface area contributed by atoms with Crippen LogP contribution in [0.4, 0.5) is 5.69 Å². The fourth-order valence-electron chi connectivity index (χ4n) is 1.28. The maximum Gasteiger partial charge on any atom is 0.265 e. The first-order chi connectivity index (χ1) is 6.70. The van der Waals surface area contributed by atoms with Crippen molar-refractivity contribution >= 4 is 27.5 Å². The van der Waals surface area contributed by atoms with Crippen LogP contribution >= 0.6 is 15.9 Å². The van der Waals surface area contributed by atoms with Crippen LogP contribution in [0.25, 0.3) is 0 Å². The standard InChI is InChI=1S/C9H9BrN2O2/c1-2-7-8(13)12-6-3-5(10)4-11-9(6)14-7/h3-4,7H,2H2,1H3,(H,12,13)/t7-/m0/s1. The average molecular weight is 257 g/mol. The van der Waals surface area contributed by atoms with Crippen LogP contribution < -0.4 is 10.1 Å². The zero-order valence-electron chi connectivity index (χ0n) is 7.58. The third kappa shape index (κ3) is 1.59. The SMILES string of the molecule is CC[C@@H]1Oc2ncc(Br)cc2NC1=O. The second kappa shape index (κ2) is 3.57. The number of halogens is 1. The summed E-state index contributed by atoms with van der Waals surface area (Å²) in [7, 11) is 0. The second-order valence-electron chi connectivity index (χ2n) is 3.01. The van der Waals surface area contributed by atoms with Gasteiger partial charge in [-0.05, 0) is 28.4 Å². The summed E-state index contributed by atoms with van der Waals surface area (Å²) in [5.41, 5.74) is 0.620. The normalized spacial score (nSPS) is 19.6. The summed E-state index contributed by atoms with van der Waals surface area (Å²) in [5, 5.41) is 2.75. The number of pyridine rings is 1. The Bertz CT molecular complexity index is 381. The predicted octanol–water partition coefficient (Wildman–Crippen LogP) is 1.95. The van der Waals surface area contributed by atoms with E-state index in [2.05, 4.69) is 26.2 Å². The molecule has 1 aliphatic heterocycles. The van der Waals surface area contributed by atoms with E-state index >= 15 is 0 Å². The van der Waals surface area contributed by atoms with Gasteiger partial charge in [-0.2, -0.15) is 0 Å². The van der Waals surface area contributed by atoms with Crippen LogP contribution in [0.5, 0.6) is 5.88 Å². The highest BCUT2D eigenvalue weighted by Crippen LogP contribution is 2.29. The number of carbonyl (C=O) groups is 1. The van der Waals surface area contributed by atoms with Gasteiger partial charge in [0.15, 0.2) is 6.10 Å². The largest absolute Gasteiger partial charge is 0.463 e. The summed E-state index contributed by atoms with van der Waals surface area (Å²) in [6, 6.07) is 1.77. The molecule has 1 N–H and O–H groups in total. The average Bonchev–Trinajstić information content (AvgIpc) is 2.16. The number of fused-ring (bicyclic) bond motifs is 1.